The molecule has 3 nitrogen and oxygen atoms in total. The van der Waals surface area contributed by atoms with Crippen molar-refractivity contribution in [2.45, 2.75) is 17.0 Å². The van der Waals surface area contributed by atoms with Crippen molar-refractivity contribution in [3.63, 3.8) is 0 Å². The Balaban J connectivity index is 0.000000960. The van der Waals surface area contributed by atoms with Crippen LogP contribution in [0.3, 0.4) is 0 Å². The first kappa shape index (κ1) is 18.4. The van der Waals surface area contributed by atoms with Crippen molar-refractivity contribution < 1.29 is 48.0 Å². The second-order valence-corrected chi connectivity index (χ2v) is 9.00. The minimum Gasteiger partial charge on any atom is -1.00 e. The SMILES string of the molecule is CC1=[C]([Zr+2][CH]2C(n3cncn3)=Cc3ccccc32)CC=C1.[Cl-].[Cl-]. The molecule has 0 aliphatic heterocycles. The van der Waals surface area contributed by atoms with E-state index in [0.717, 1.165) is 6.42 Å². The molecule has 2 aromatic rings. The van der Waals surface area contributed by atoms with Crippen LogP contribution >= 0.6 is 0 Å². The summed E-state index contributed by atoms with van der Waals surface area (Å²) in [5, 5.41) is 4.36. The molecule has 0 bridgehead atoms. The van der Waals surface area contributed by atoms with Crippen molar-refractivity contribution in [3.05, 3.63) is 69.1 Å². The quantitative estimate of drug-likeness (QED) is 0.554. The minimum absolute atomic E-state index is 0. The summed E-state index contributed by atoms with van der Waals surface area (Å²) in [6.45, 7) is 2.25. The van der Waals surface area contributed by atoms with E-state index in [-0.39, 0.29) is 24.8 Å². The maximum absolute atomic E-state index is 4.36. The van der Waals surface area contributed by atoms with Gasteiger partial charge in [0.2, 0.25) is 0 Å². The zero-order valence-electron chi connectivity index (χ0n) is 12.6. The Morgan fingerprint density at radius 3 is 2.74 bits per heavy atom. The molecule has 116 valence electrons. The summed E-state index contributed by atoms with van der Waals surface area (Å²) in [7, 11) is 0. The molecule has 1 atom stereocenters. The zero-order valence-corrected chi connectivity index (χ0v) is 16.5. The molecule has 6 heteroatoms. The van der Waals surface area contributed by atoms with Crippen LogP contribution in [0.25, 0.3) is 11.8 Å². The molecule has 2 aliphatic carbocycles. The Bertz CT molecular complexity index is 779. The molecular formula is C17H15Cl2N3Zr. The summed E-state index contributed by atoms with van der Waals surface area (Å²) in [6, 6.07) is 8.75. The number of fused-ring (bicyclic) bond motifs is 1. The molecule has 1 heterocycles. The van der Waals surface area contributed by atoms with E-state index in [1.54, 1.807) is 9.61 Å². The van der Waals surface area contributed by atoms with E-state index in [4.69, 9.17) is 0 Å². The van der Waals surface area contributed by atoms with Gasteiger partial charge in [-0.25, -0.2) is 0 Å². The number of hydrogen-bond donors (Lipinski definition) is 0. The van der Waals surface area contributed by atoms with Crippen molar-refractivity contribution in [1.29, 1.82) is 0 Å². The van der Waals surface area contributed by atoms with Gasteiger partial charge in [-0.2, -0.15) is 0 Å². The molecule has 0 fully saturated rings. The van der Waals surface area contributed by atoms with Crippen molar-refractivity contribution in [3.8, 4) is 0 Å². The van der Waals surface area contributed by atoms with Crippen LogP contribution in [0.4, 0.5) is 0 Å². The third-order valence-electron chi connectivity index (χ3n) is 4.07. The van der Waals surface area contributed by atoms with Gasteiger partial charge in [-0.1, -0.05) is 0 Å². The van der Waals surface area contributed by atoms with Crippen molar-refractivity contribution in [2.24, 2.45) is 0 Å². The smallest absolute Gasteiger partial charge is 1.00 e. The molecular weight excluding hydrogens is 408 g/mol. The average Bonchev–Trinajstić information content (AvgIpc) is 3.21. The van der Waals surface area contributed by atoms with E-state index < -0.39 is 23.2 Å². The second kappa shape index (κ2) is 7.74. The molecule has 0 amide bonds. The van der Waals surface area contributed by atoms with Gasteiger partial charge in [0.15, 0.2) is 0 Å². The summed E-state index contributed by atoms with van der Waals surface area (Å²) in [5.74, 6) is 0. The molecule has 23 heavy (non-hydrogen) atoms. The third-order valence-corrected chi connectivity index (χ3v) is 8.60. The number of hydrogen-bond acceptors (Lipinski definition) is 2. The molecule has 0 spiro atoms. The minimum atomic E-state index is -0.728. The number of benzene rings is 1. The maximum Gasteiger partial charge on any atom is -1.00 e. The number of halogens is 2. The third kappa shape index (κ3) is 3.45. The first-order valence-corrected chi connectivity index (χ1v) is 9.76. The summed E-state index contributed by atoms with van der Waals surface area (Å²) in [4.78, 5) is 4.12. The molecule has 4 rings (SSSR count). The molecule has 2 aliphatic rings. The summed E-state index contributed by atoms with van der Waals surface area (Å²) >= 11 is -0.728. The van der Waals surface area contributed by atoms with E-state index in [2.05, 4.69) is 59.5 Å². The Kier molecular flexibility index (Phi) is 6.19. The Labute approximate surface area is 160 Å². The first-order valence-electron chi connectivity index (χ1n) is 7.11. The molecule has 0 N–H and O–H groups in total. The van der Waals surface area contributed by atoms with Crippen molar-refractivity contribution in [1.82, 2.24) is 14.8 Å². The van der Waals surface area contributed by atoms with E-state index in [1.807, 2.05) is 11.0 Å². The van der Waals surface area contributed by atoms with Crippen LogP contribution in [0.5, 0.6) is 0 Å². The molecule has 1 unspecified atom stereocenters. The fourth-order valence-electron chi connectivity index (χ4n) is 2.96. The fourth-order valence-corrected chi connectivity index (χ4v) is 7.08. The van der Waals surface area contributed by atoms with Gasteiger partial charge in [0.05, 0.1) is 0 Å². The van der Waals surface area contributed by atoms with Gasteiger partial charge < -0.3 is 24.8 Å². The summed E-state index contributed by atoms with van der Waals surface area (Å²) < 4.78 is 4.19. The Morgan fingerprint density at radius 1 is 1.22 bits per heavy atom. The van der Waals surface area contributed by atoms with Crippen LogP contribution in [-0.2, 0) is 23.2 Å². The number of nitrogens with zero attached hydrogens (tertiary/aromatic N) is 3. The van der Waals surface area contributed by atoms with Gasteiger partial charge in [-0.05, 0) is 0 Å². The van der Waals surface area contributed by atoms with Crippen LogP contribution in [0.15, 0.2) is 57.9 Å². The van der Waals surface area contributed by atoms with E-state index >= 15 is 0 Å². The van der Waals surface area contributed by atoms with Gasteiger partial charge in [-0.3, -0.25) is 0 Å². The van der Waals surface area contributed by atoms with Crippen LogP contribution in [0.2, 0.25) is 0 Å². The Morgan fingerprint density at radius 2 is 2.04 bits per heavy atom. The van der Waals surface area contributed by atoms with Crippen LogP contribution in [-0.4, -0.2) is 14.8 Å². The summed E-state index contributed by atoms with van der Waals surface area (Å²) in [5.41, 5.74) is 5.61. The average molecular weight is 423 g/mol. The van der Waals surface area contributed by atoms with Crippen molar-refractivity contribution >= 4 is 11.8 Å². The second-order valence-electron chi connectivity index (χ2n) is 5.38. The molecule has 1 aromatic heterocycles. The standard InChI is InChI=1S/C11H8N3.C6H7.2ClH.Zr/c1-2-4-10-6-11(5-9(10)3-1)14-8-12-7-13-14;1-6-4-2-3-5-6;;;/h1-8H;2,4H,3H2,1H3;2*1H;/q;;;;+2/p-2. The Hall–Kier alpha value is -0.957. The number of allylic oxidation sites excluding steroid dienone is 5. The zero-order chi connectivity index (χ0) is 14.2. The molecule has 0 saturated heterocycles. The summed E-state index contributed by atoms with van der Waals surface area (Å²) in [6.07, 6.45) is 11.4. The molecule has 1 aromatic carbocycles. The predicted molar refractivity (Wildman–Crippen MR) is 79.8 cm³/mol. The van der Waals surface area contributed by atoms with Gasteiger partial charge >= 0.3 is 136 Å². The first-order chi connectivity index (χ1) is 10.3. The molecule has 0 saturated carbocycles. The van der Waals surface area contributed by atoms with Crippen LogP contribution in [0.1, 0.15) is 28.1 Å². The predicted octanol–water partition coefficient (Wildman–Crippen LogP) is -2.34. The van der Waals surface area contributed by atoms with Crippen molar-refractivity contribution in [2.75, 3.05) is 0 Å². The largest absolute Gasteiger partial charge is 1.00 e. The van der Waals surface area contributed by atoms with Gasteiger partial charge in [-0.15, -0.1) is 0 Å². The van der Waals surface area contributed by atoms with Gasteiger partial charge in [0.1, 0.15) is 0 Å². The number of rotatable bonds is 3. The van der Waals surface area contributed by atoms with E-state index in [1.165, 1.54) is 22.4 Å². The van der Waals surface area contributed by atoms with E-state index in [9.17, 15) is 0 Å². The van der Waals surface area contributed by atoms with Gasteiger partial charge in [0.25, 0.3) is 0 Å². The monoisotopic (exact) mass is 421 g/mol. The normalized spacial score (nSPS) is 18.0. The molecule has 0 radical (unpaired) electrons. The van der Waals surface area contributed by atoms with Gasteiger partial charge in [0, 0.05) is 0 Å². The fraction of sp³-hybridized carbons (Fsp3) is 0.176. The topological polar surface area (TPSA) is 30.7 Å². The number of aromatic nitrogens is 3. The van der Waals surface area contributed by atoms with E-state index in [0.29, 0.717) is 3.63 Å². The van der Waals surface area contributed by atoms with Crippen LogP contribution in [0, 0.1) is 0 Å². The van der Waals surface area contributed by atoms with Crippen LogP contribution < -0.4 is 24.8 Å². The maximum atomic E-state index is 4.36.